The van der Waals surface area contributed by atoms with E-state index >= 15 is 0 Å². The monoisotopic (exact) mass is 1170 g/mol. The van der Waals surface area contributed by atoms with Gasteiger partial charge in [-0.15, -0.1) is 25.3 Å². The molecule has 2 aromatic carbocycles. The van der Waals surface area contributed by atoms with Crippen LogP contribution in [-0.4, -0.2) is 87.6 Å². The Kier molecular flexibility index (Phi) is 34.0. The minimum absolute atomic E-state index is 0. The molecule has 0 aliphatic rings. The van der Waals surface area contributed by atoms with E-state index in [2.05, 4.69) is 25.3 Å². The zero-order valence-electron chi connectivity index (χ0n) is 22.7. The van der Waals surface area contributed by atoms with Gasteiger partial charge in [0.1, 0.15) is 0 Å². The maximum atomic E-state index is 11.1. The van der Waals surface area contributed by atoms with Crippen molar-refractivity contribution < 1.29 is 185 Å². The van der Waals surface area contributed by atoms with Crippen molar-refractivity contribution >= 4 is 136 Å². The van der Waals surface area contributed by atoms with Gasteiger partial charge in [-0.2, -0.15) is 0 Å². The minimum atomic E-state index is -3.57. The van der Waals surface area contributed by atoms with Crippen molar-refractivity contribution in [1.82, 2.24) is 0 Å². The molecule has 2 aromatic rings. The van der Waals surface area contributed by atoms with Crippen LogP contribution >= 0.6 is 25.3 Å². The van der Waals surface area contributed by atoms with E-state index in [9.17, 15) is 87.6 Å². The molecule has 0 bridgehead atoms. The second kappa shape index (κ2) is 27.1. The molecule has 0 spiro atoms. The molecule has 0 saturated heterocycles. The van der Waals surface area contributed by atoms with Gasteiger partial charge in [0.25, 0.3) is 0 Å². The number of hydrogen-bond donors (Lipinski definition) is 2. The van der Waals surface area contributed by atoms with E-state index in [4.69, 9.17) is 0 Å². The molecule has 0 aliphatic carbocycles. The Morgan fingerprint density at radius 1 is 0.245 bits per heavy atom. The SMILES string of the molecule is O=S([O-])c1c(S)c(S(=O)[O-])c(S(=O)[O-])c(S(=O)[O-])c1S(=O)[O-].O=S([O-])c1c(S)c(S(=O)[O-])c(S(=O)[O-])c(S(=O)[O-])c1S(=O)[O-].[Zn+2].[Zn+2].[Zn+2].[Zn+2].[Zn+2]. The molecular formula is C12H2O20S12Zn5. The minimum Gasteiger partial charge on any atom is -0.768 e. The quantitative estimate of drug-likeness (QED) is 0.131. The second-order valence-electron chi connectivity index (χ2n) is 6.34. The van der Waals surface area contributed by atoms with Gasteiger partial charge in [-0.1, -0.05) is 0 Å². The average molecular weight is 1180 g/mol. The molecule has 0 aliphatic heterocycles. The standard InChI is InChI=1S/2C6H6O10S6.5Zn/c2*7-18(8)2-1(17)3(19(9)10)5(21(13)14)6(22(15)16)4(2)20(11)12;;;;;/h2*17H,(H,7,8)(H,9,10)(H,11,12)(H,13,14)(H,15,16);;;;;/q;;5*+2/p-10. The van der Waals surface area contributed by atoms with Crippen LogP contribution in [0.3, 0.4) is 0 Å². The summed E-state index contributed by atoms with van der Waals surface area (Å²) in [5.41, 5.74) is 0. The van der Waals surface area contributed by atoms with Crippen LogP contribution in [0.5, 0.6) is 0 Å². The molecule has 2 rings (SSSR count). The first-order valence-corrected chi connectivity index (χ1v) is 20.5. The third-order valence-electron chi connectivity index (χ3n) is 4.18. The van der Waals surface area contributed by atoms with Crippen LogP contribution < -0.4 is 0 Å². The first-order valence-electron chi connectivity index (χ1n) is 8.82. The predicted molar refractivity (Wildman–Crippen MR) is 139 cm³/mol. The van der Waals surface area contributed by atoms with Crippen LogP contribution in [0.2, 0.25) is 0 Å². The topological polar surface area (TPSA) is 401 Å². The Morgan fingerprint density at radius 3 is 0.408 bits per heavy atom. The maximum absolute atomic E-state index is 11.1. The summed E-state index contributed by atoms with van der Waals surface area (Å²) in [5, 5.41) is 0. The molecule has 37 heteroatoms. The summed E-state index contributed by atoms with van der Waals surface area (Å²) in [6.45, 7) is 0. The molecule has 0 aromatic heterocycles. The number of thiol groups is 2. The van der Waals surface area contributed by atoms with Crippen molar-refractivity contribution in [2.24, 2.45) is 0 Å². The largest absolute Gasteiger partial charge is 2.00 e. The Balaban J connectivity index is -0.000000239. The Hall–Kier alpha value is 3.36. The normalized spacial score (nSPS) is 16.6. The maximum Gasteiger partial charge on any atom is 2.00 e. The molecule has 49 heavy (non-hydrogen) atoms. The van der Waals surface area contributed by atoms with Crippen LogP contribution in [0, 0.1) is 0 Å². The molecule has 0 saturated carbocycles. The van der Waals surface area contributed by atoms with E-state index in [0.717, 1.165) is 0 Å². The van der Waals surface area contributed by atoms with Crippen molar-refractivity contribution in [3.8, 4) is 0 Å². The third kappa shape index (κ3) is 15.0. The predicted octanol–water partition coefficient (Wildman–Crippen LogP) is -3.68. The Bertz CT molecular complexity index is 1550. The Morgan fingerprint density at radius 2 is 0.327 bits per heavy atom. The summed E-state index contributed by atoms with van der Waals surface area (Å²) in [6, 6.07) is 0. The van der Waals surface area contributed by atoms with Crippen LogP contribution in [0.4, 0.5) is 0 Å². The van der Waals surface area contributed by atoms with Gasteiger partial charge in [0.05, 0.1) is 49.0 Å². The van der Waals surface area contributed by atoms with Crippen LogP contribution in [0.15, 0.2) is 58.7 Å². The molecule has 20 nitrogen and oxygen atoms in total. The van der Waals surface area contributed by atoms with Gasteiger partial charge in [-0.3, -0.25) is 42.1 Å². The van der Waals surface area contributed by atoms with Gasteiger partial charge in [0.15, 0.2) is 0 Å². The summed E-state index contributed by atoms with van der Waals surface area (Å²) in [7, 11) is 0. The van der Waals surface area contributed by atoms with Crippen molar-refractivity contribution in [3.05, 3.63) is 0 Å². The Labute approximate surface area is 374 Å². The molecular weight excluding hydrogens is 1180 g/mol. The summed E-state index contributed by atoms with van der Waals surface area (Å²) >= 11 is -27.8. The van der Waals surface area contributed by atoms with Gasteiger partial charge in [-0.05, 0) is 111 Å². The molecule has 0 N–H and O–H groups in total. The van der Waals surface area contributed by atoms with Crippen LogP contribution in [0.25, 0.3) is 0 Å². The van der Waals surface area contributed by atoms with E-state index in [1.54, 1.807) is 0 Å². The van der Waals surface area contributed by atoms with Gasteiger partial charge in [0.2, 0.25) is 0 Å². The fourth-order valence-corrected chi connectivity index (χ4v) is 13.3. The summed E-state index contributed by atoms with van der Waals surface area (Å²) < 4.78 is 222. The summed E-state index contributed by atoms with van der Waals surface area (Å²) in [4.78, 5) is -15.8. The van der Waals surface area contributed by atoms with Crippen molar-refractivity contribution in [2.45, 2.75) is 58.7 Å². The number of rotatable bonds is 10. The van der Waals surface area contributed by atoms with Crippen LogP contribution in [-0.2, 0) is 208 Å². The molecule has 10 atom stereocenters. The molecule has 252 valence electrons. The molecule has 0 fully saturated rings. The van der Waals surface area contributed by atoms with E-state index < -0.39 is 170 Å². The molecule has 0 amide bonds. The first kappa shape index (κ1) is 61.6. The second-order valence-corrected chi connectivity index (χ2v) is 16.0. The van der Waals surface area contributed by atoms with Crippen molar-refractivity contribution in [2.75, 3.05) is 0 Å². The first-order chi connectivity index (χ1) is 20.0. The summed E-state index contributed by atoms with van der Waals surface area (Å²) in [5.74, 6) is 0. The van der Waals surface area contributed by atoms with E-state index in [1.807, 2.05) is 0 Å². The number of hydrogen-bond acceptors (Lipinski definition) is 22. The smallest absolute Gasteiger partial charge is 0.768 e. The van der Waals surface area contributed by atoms with Crippen molar-refractivity contribution in [1.29, 1.82) is 0 Å². The van der Waals surface area contributed by atoms with Gasteiger partial charge in [0, 0.05) is 9.79 Å². The third-order valence-corrected chi connectivity index (χ3v) is 14.1. The fraction of sp³-hybridized carbons (Fsp3) is 0. The molecule has 0 heterocycles. The van der Waals surface area contributed by atoms with E-state index in [0.29, 0.717) is 0 Å². The zero-order chi connectivity index (χ0) is 34.7. The molecule has 10 unspecified atom stereocenters. The van der Waals surface area contributed by atoms with Crippen molar-refractivity contribution in [3.63, 3.8) is 0 Å². The molecule has 0 radical (unpaired) electrons. The van der Waals surface area contributed by atoms with Gasteiger partial charge in [-0.25, -0.2) is 0 Å². The summed E-state index contributed by atoms with van der Waals surface area (Å²) in [6.07, 6.45) is 0. The van der Waals surface area contributed by atoms with Crippen LogP contribution in [0.1, 0.15) is 0 Å². The fourth-order valence-electron chi connectivity index (χ4n) is 2.78. The van der Waals surface area contributed by atoms with E-state index in [-0.39, 0.29) is 97.4 Å². The van der Waals surface area contributed by atoms with Gasteiger partial charge >= 0.3 is 97.4 Å². The number of benzene rings is 2. The van der Waals surface area contributed by atoms with Gasteiger partial charge < -0.3 is 45.5 Å². The average Bonchev–Trinajstić information content (AvgIpc) is 2.85. The van der Waals surface area contributed by atoms with E-state index in [1.165, 1.54) is 0 Å². The zero-order valence-corrected chi connectivity index (χ0v) is 47.5.